The van der Waals surface area contributed by atoms with E-state index in [2.05, 4.69) is 5.32 Å². The summed E-state index contributed by atoms with van der Waals surface area (Å²) in [5.74, 6) is 0.589. The molecule has 2 rings (SSSR count). The molecule has 2 aromatic carbocycles. The Kier molecular flexibility index (Phi) is 7.67. The van der Waals surface area contributed by atoms with E-state index in [0.29, 0.717) is 17.8 Å². The summed E-state index contributed by atoms with van der Waals surface area (Å²) >= 11 is 0. The van der Waals surface area contributed by atoms with Crippen LogP contribution in [0.4, 0.5) is 11.4 Å². The first-order valence-electron chi connectivity index (χ1n) is 9.68. The third-order valence-electron chi connectivity index (χ3n) is 4.45. The highest BCUT2D eigenvalue weighted by Crippen LogP contribution is 2.22. The number of carbonyl (C=O) groups is 1. The molecule has 0 aliphatic heterocycles. The molecule has 0 bridgehead atoms. The van der Waals surface area contributed by atoms with Gasteiger partial charge in [0.1, 0.15) is 5.75 Å². The number of hydrogen-bond acceptors (Lipinski definition) is 4. The number of carbonyl (C=O) groups excluding carboxylic acids is 1. The van der Waals surface area contributed by atoms with Crippen LogP contribution in [0.3, 0.4) is 0 Å². The number of sulfonamides is 1. The monoisotopic (exact) mass is 418 g/mol. The highest BCUT2D eigenvalue weighted by molar-refractivity contribution is 7.92. The van der Waals surface area contributed by atoms with Gasteiger partial charge in [-0.1, -0.05) is 6.07 Å². The fraction of sp³-hybridized carbons (Fsp3) is 0.409. The molecular weight excluding hydrogens is 388 g/mol. The fourth-order valence-corrected chi connectivity index (χ4v) is 3.82. The lowest BCUT2D eigenvalue weighted by atomic mass is 10.1. The molecule has 0 unspecified atom stereocenters. The van der Waals surface area contributed by atoms with Gasteiger partial charge in [-0.3, -0.25) is 9.10 Å². The van der Waals surface area contributed by atoms with Crippen molar-refractivity contribution >= 4 is 27.3 Å². The maximum Gasteiger partial charge on any atom is 0.232 e. The number of benzene rings is 2. The highest BCUT2D eigenvalue weighted by Gasteiger charge is 2.18. The van der Waals surface area contributed by atoms with Gasteiger partial charge in [0, 0.05) is 18.7 Å². The second-order valence-electron chi connectivity index (χ2n) is 7.45. The third kappa shape index (κ3) is 7.09. The van der Waals surface area contributed by atoms with Crippen molar-refractivity contribution in [2.75, 3.05) is 22.4 Å². The topological polar surface area (TPSA) is 75.7 Å². The zero-order valence-corrected chi connectivity index (χ0v) is 18.5. The molecule has 0 heterocycles. The van der Waals surface area contributed by atoms with E-state index in [1.54, 1.807) is 30.3 Å². The predicted octanol–water partition coefficient (Wildman–Crippen LogP) is 4.28. The zero-order chi connectivity index (χ0) is 21.6. The Morgan fingerprint density at radius 3 is 2.28 bits per heavy atom. The second kappa shape index (κ2) is 9.78. The Morgan fingerprint density at radius 2 is 1.72 bits per heavy atom. The zero-order valence-electron chi connectivity index (χ0n) is 17.7. The summed E-state index contributed by atoms with van der Waals surface area (Å²) in [6.07, 6.45) is 1.91. The van der Waals surface area contributed by atoms with E-state index in [9.17, 15) is 13.2 Å². The molecule has 0 saturated heterocycles. The van der Waals surface area contributed by atoms with Gasteiger partial charge in [-0.2, -0.15) is 0 Å². The van der Waals surface area contributed by atoms with Crippen LogP contribution in [0.2, 0.25) is 0 Å². The summed E-state index contributed by atoms with van der Waals surface area (Å²) in [7, 11) is -3.43. The van der Waals surface area contributed by atoms with Gasteiger partial charge >= 0.3 is 0 Å². The van der Waals surface area contributed by atoms with Crippen molar-refractivity contribution in [1.82, 2.24) is 0 Å². The van der Waals surface area contributed by atoms with Gasteiger partial charge in [0.05, 0.1) is 18.0 Å². The van der Waals surface area contributed by atoms with E-state index in [1.807, 2.05) is 39.8 Å². The number of ether oxygens (including phenoxy) is 1. The number of aryl methyl sites for hydroxylation is 2. The number of anilines is 2. The Balaban J connectivity index is 1.93. The minimum Gasteiger partial charge on any atom is -0.491 e. The fourth-order valence-electron chi connectivity index (χ4n) is 2.86. The molecule has 6 nitrogen and oxygen atoms in total. The van der Waals surface area contributed by atoms with Gasteiger partial charge in [-0.15, -0.1) is 0 Å². The third-order valence-corrected chi connectivity index (χ3v) is 5.65. The average Bonchev–Trinajstić information content (AvgIpc) is 2.61. The van der Waals surface area contributed by atoms with E-state index in [1.165, 1.54) is 10.6 Å². The summed E-state index contributed by atoms with van der Waals surface area (Å²) in [6, 6.07) is 12.7. The Hall–Kier alpha value is -2.54. The van der Waals surface area contributed by atoms with Crippen LogP contribution >= 0.6 is 0 Å². The Bertz CT molecular complexity index is 938. The molecule has 0 spiro atoms. The van der Waals surface area contributed by atoms with Gasteiger partial charge in [0.25, 0.3) is 0 Å². The van der Waals surface area contributed by atoms with Gasteiger partial charge in [0.2, 0.25) is 15.9 Å². The number of nitrogens with one attached hydrogen (secondary N) is 1. The maximum absolute atomic E-state index is 12.2. The molecule has 29 heavy (non-hydrogen) atoms. The first-order valence-corrected chi connectivity index (χ1v) is 11.5. The van der Waals surface area contributed by atoms with Crippen LogP contribution < -0.4 is 14.4 Å². The Morgan fingerprint density at radius 1 is 1.07 bits per heavy atom. The predicted molar refractivity (Wildman–Crippen MR) is 118 cm³/mol. The lowest BCUT2D eigenvalue weighted by molar-refractivity contribution is -0.116. The standard InChI is InChI=1S/C22H30N2O4S/c1-16(2)28-21-12-9-19(10-13-21)23-22(25)7-6-14-24(29(5,26)27)20-11-8-17(3)18(4)15-20/h8-13,15-16H,6-7,14H2,1-5H3,(H,23,25). The molecule has 1 N–H and O–H groups in total. The largest absolute Gasteiger partial charge is 0.491 e. The van der Waals surface area contributed by atoms with Crippen LogP contribution in [-0.4, -0.2) is 33.2 Å². The van der Waals surface area contributed by atoms with Gasteiger partial charge in [-0.25, -0.2) is 8.42 Å². The number of amides is 1. The van der Waals surface area contributed by atoms with E-state index < -0.39 is 10.0 Å². The van der Waals surface area contributed by atoms with Crippen molar-refractivity contribution in [3.05, 3.63) is 53.6 Å². The van der Waals surface area contributed by atoms with E-state index in [4.69, 9.17) is 4.74 Å². The summed E-state index contributed by atoms with van der Waals surface area (Å²) in [5, 5.41) is 2.83. The van der Waals surface area contributed by atoms with Gasteiger partial charge in [0.15, 0.2) is 0 Å². The molecule has 0 atom stereocenters. The molecule has 0 saturated carbocycles. The summed E-state index contributed by atoms with van der Waals surface area (Å²) < 4.78 is 31.4. The van der Waals surface area contributed by atoms with E-state index >= 15 is 0 Å². The Labute approximate surface area is 173 Å². The number of rotatable bonds is 9. The highest BCUT2D eigenvalue weighted by atomic mass is 32.2. The lowest BCUT2D eigenvalue weighted by Crippen LogP contribution is -2.31. The first kappa shape index (κ1) is 22.7. The summed E-state index contributed by atoms with van der Waals surface area (Å²) in [4.78, 5) is 12.2. The smallest absolute Gasteiger partial charge is 0.232 e. The van der Waals surface area contributed by atoms with Gasteiger partial charge < -0.3 is 10.1 Å². The van der Waals surface area contributed by atoms with Crippen molar-refractivity contribution in [3.63, 3.8) is 0 Å². The first-order chi connectivity index (χ1) is 13.6. The van der Waals surface area contributed by atoms with Crippen molar-refractivity contribution in [2.45, 2.75) is 46.6 Å². The summed E-state index contributed by atoms with van der Waals surface area (Å²) in [5.41, 5.74) is 3.43. The van der Waals surface area contributed by atoms with Crippen LogP contribution in [0.5, 0.6) is 5.75 Å². The molecule has 1 amide bonds. The minimum absolute atomic E-state index is 0.0885. The lowest BCUT2D eigenvalue weighted by Gasteiger charge is -2.23. The molecule has 0 aliphatic rings. The molecule has 0 fully saturated rings. The number of nitrogens with zero attached hydrogens (tertiary/aromatic N) is 1. The average molecular weight is 419 g/mol. The molecular formula is C22H30N2O4S. The van der Waals surface area contributed by atoms with Crippen molar-refractivity contribution in [1.29, 1.82) is 0 Å². The molecule has 7 heteroatoms. The van der Waals surface area contributed by atoms with Gasteiger partial charge in [-0.05, 0) is 81.6 Å². The molecule has 2 aromatic rings. The van der Waals surface area contributed by atoms with Crippen LogP contribution in [0, 0.1) is 13.8 Å². The normalized spacial score (nSPS) is 11.4. The molecule has 0 aliphatic carbocycles. The minimum atomic E-state index is -3.43. The van der Waals surface area contributed by atoms with Crippen molar-refractivity contribution in [2.24, 2.45) is 0 Å². The second-order valence-corrected chi connectivity index (χ2v) is 9.35. The van der Waals surface area contributed by atoms with Crippen LogP contribution in [0.25, 0.3) is 0 Å². The molecule has 158 valence electrons. The molecule has 0 radical (unpaired) electrons. The van der Waals surface area contributed by atoms with Crippen molar-refractivity contribution in [3.8, 4) is 5.75 Å². The SMILES string of the molecule is Cc1ccc(N(CCCC(=O)Nc2ccc(OC(C)C)cc2)S(C)(=O)=O)cc1C. The van der Waals surface area contributed by atoms with Crippen LogP contribution in [0.1, 0.15) is 37.8 Å². The van der Waals surface area contributed by atoms with Crippen molar-refractivity contribution < 1.29 is 17.9 Å². The quantitative estimate of drug-likeness (QED) is 0.660. The maximum atomic E-state index is 12.2. The molecule has 0 aromatic heterocycles. The number of hydrogen-bond donors (Lipinski definition) is 1. The van der Waals surface area contributed by atoms with Crippen LogP contribution in [0.15, 0.2) is 42.5 Å². The summed E-state index contributed by atoms with van der Waals surface area (Å²) in [6.45, 7) is 8.08. The van der Waals surface area contributed by atoms with E-state index in [0.717, 1.165) is 16.9 Å². The van der Waals surface area contributed by atoms with E-state index in [-0.39, 0.29) is 25.0 Å². The van der Waals surface area contributed by atoms with Crippen LogP contribution in [-0.2, 0) is 14.8 Å².